The van der Waals surface area contributed by atoms with Crippen molar-refractivity contribution >= 4 is 5.82 Å². The summed E-state index contributed by atoms with van der Waals surface area (Å²) in [6, 6.07) is 0. The van der Waals surface area contributed by atoms with Gasteiger partial charge in [0, 0.05) is 17.9 Å². The fourth-order valence-corrected chi connectivity index (χ4v) is 3.07. The fraction of sp³-hybridized carbons (Fsp3) is 0.714. The molecular weight excluding hydrogens is 240 g/mol. The van der Waals surface area contributed by atoms with Gasteiger partial charge in [-0.05, 0) is 18.8 Å². The summed E-state index contributed by atoms with van der Waals surface area (Å²) < 4.78 is 5.46. The number of nitrogens with one attached hydrogen (secondary N) is 1. The summed E-state index contributed by atoms with van der Waals surface area (Å²) in [5.41, 5.74) is 4.86. The molecule has 0 bridgehead atoms. The normalized spacial score (nSPS) is 26.8. The monoisotopic (exact) mass is 262 g/mol. The molecule has 0 unspecified atom stereocenters. The summed E-state index contributed by atoms with van der Waals surface area (Å²) in [7, 11) is 0. The second kappa shape index (κ2) is 5.43. The summed E-state index contributed by atoms with van der Waals surface area (Å²) in [4.78, 5) is 9.41. The summed E-state index contributed by atoms with van der Waals surface area (Å²) >= 11 is 0. The first-order valence-corrected chi connectivity index (χ1v) is 7.22. The summed E-state index contributed by atoms with van der Waals surface area (Å²) in [6.45, 7) is 3.64. The molecule has 0 amide bonds. The number of anilines is 1. The predicted octanol–water partition coefficient (Wildman–Crippen LogP) is 2.13. The molecule has 0 atom stereocenters. The molecule has 2 heterocycles. The second-order valence-electron chi connectivity index (χ2n) is 5.76. The maximum absolute atomic E-state index is 5.60. The van der Waals surface area contributed by atoms with Crippen molar-refractivity contribution < 1.29 is 4.74 Å². The molecule has 5 nitrogen and oxygen atoms in total. The Hall–Kier alpha value is -1.20. The Labute approximate surface area is 113 Å². The van der Waals surface area contributed by atoms with Crippen LogP contribution in [0.2, 0.25) is 0 Å². The molecule has 1 aromatic rings. The molecule has 19 heavy (non-hydrogen) atoms. The Morgan fingerprint density at radius 1 is 1.21 bits per heavy atom. The van der Waals surface area contributed by atoms with Crippen LogP contribution in [0, 0.1) is 5.92 Å². The molecule has 1 aliphatic carbocycles. The first kappa shape index (κ1) is 12.8. The van der Waals surface area contributed by atoms with Crippen molar-refractivity contribution in [1.29, 1.82) is 0 Å². The van der Waals surface area contributed by atoms with Crippen LogP contribution in [-0.4, -0.2) is 16.6 Å². The molecule has 0 saturated heterocycles. The average molecular weight is 262 g/mol. The van der Waals surface area contributed by atoms with Crippen LogP contribution in [0.1, 0.15) is 55.6 Å². The largest absolute Gasteiger partial charge is 0.376 e. The topological polar surface area (TPSA) is 73.1 Å². The van der Waals surface area contributed by atoms with Crippen molar-refractivity contribution in [3.05, 3.63) is 17.1 Å². The third-order valence-electron chi connectivity index (χ3n) is 4.36. The zero-order valence-corrected chi connectivity index (χ0v) is 11.5. The molecule has 1 aromatic heterocycles. The Bertz CT molecular complexity index is 438. The number of rotatable bonds is 2. The molecule has 2 aliphatic rings. The molecule has 0 radical (unpaired) electrons. The number of hydrogen-bond donors (Lipinski definition) is 2. The fourth-order valence-electron chi connectivity index (χ4n) is 3.07. The number of fused-ring (bicyclic) bond motifs is 1. The molecule has 3 rings (SSSR count). The van der Waals surface area contributed by atoms with Gasteiger partial charge >= 0.3 is 0 Å². The van der Waals surface area contributed by atoms with E-state index in [2.05, 4.69) is 17.3 Å². The SMILES string of the molecule is CC1CCC(c2nc3c(c(NN)n2)COCC3)CC1. The van der Waals surface area contributed by atoms with E-state index in [1.54, 1.807) is 0 Å². The van der Waals surface area contributed by atoms with E-state index in [0.717, 1.165) is 41.8 Å². The zero-order valence-electron chi connectivity index (χ0n) is 11.5. The highest BCUT2D eigenvalue weighted by Crippen LogP contribution is 2.35. The highest BCUT2D eigenvalue weighted by atomic mass is 16.5. The molecule has 3 N–H and O–H groups in total. The number of nitrogens with two attached hydrogens (primary N) is 1. The van der Waals surface area contributed by atoms with E-state index in [4.69, 9.17) is 15.6 Å². The lowest BCUT2D eigenvalue weighted by Gasteiger charge is -2.27. The van der Waals surface area contributed by atoms with Crippen molar-refractivity contribution in [2.45, 2.75) is 51.6 Å². The third kappa shape index (κ3) is 2.58. The number of aromatic nitrogens is 2. The Balaban J connectivity index is 1.89. The smallest absolute Gasteiger partial charge is 0.149 e. The van der Waals surface area contributed by atoms with Gasteiger partial charge in [-0.2, -0.15) is 0 Å². The minimum atomic E-state index is 0.497. The standard InChI is InChI=1S/C14H22N4O/c1-9-2-4-10(5-3-9)13-16-12-6-7-19-8-11(12)14(17-13)18-15/h9-10H,2-8,15H2,1H3,(H,16,17,18). The minimum Gasteiger partial charge on any atom is -0.376 e. The average Bonchev–Trinajstić information content (AvgIpc) is 2.47. The van der Waals surface area contributed by atoms with Gasteiger partial charge in [0.1, 0.15) is 11.6 Å². The molecular formula is C14H22N4O. The van der Waals surface area contributed by atoms with Gasteiger partial charge in [0.05, 0.1) is 18.9 Å². The maximum Gasteiger partial charge on any atom is 0.149 e. The van der Waals surface area contributed by atoms with E-state index in [9.17, 15) is 0 Å². The molecule has 104 valence electrons. The van der Waals surface area contributed by atoms with Gasteiger partial charge < -0.3 is 10.2 Å². The van der Waals surface area contributed by atoms with E-state index >= 15 is 0 Å². The number of hydrazine groups is 1. The Morgan fingerprint density at radius 3 is 2.74 bits per heavy atom. The van der Waals surface area contributed by atoms with Crippen LogP contribution in [0.4, 0.5) is 5.82 Å². The summed E-state index contributed by atoms with van der Waals surface area (Å²) in [5.74, 6) is 8.66. The Morgan fingerprint density at radius 2 is 2.00 bits per heavy atom. The van der Waals surface area contributed by atoms with Crippen molar-refractivity contribution in [2.75, 3.05) is 12.0 Å². The van der Waals surface area contributed by atoms with Gasteiger partial charge in [0.25, 0.3) is 0 Å². The molecule has 0 aromatic carbocycles. The quantitative estimate of drug-likeness (QED) is 0.631. The van der Waals surface area contributed by atoms with Gasteiger partial charge in [0.15, 0.2) is 0 Å². The lowest BCUT2D eigenvalue weighted by atomic mass is 9.82. The van der Waals surface area contributed by atoms with Crippen molar-refractivity contribution in [1.82, 2.24) is 9.97 Å². The number of hydrogen-bond acceptors (Lipinski definition) is 5. The third-order valence-corrected chi connectivity index (χ3v) is 4.36. The highest BCUT2D eigenvalue weighted by molar-refractivity contribution is 5.46. The van der Waals surface area contributed by atoms with Gasteiger partial charge in [-0.25, -0.2) is 15.8 Å². The number of ether oxygens (including phenoxy) is 1. The summed E-state index contributed by atoms with van der Waals surface area (Å²) in [5, 5.41) is 0. The minimum absolute atomic E-state index is 0.497. The first-order valence-electron chi connectivity index (χ1n) is 7.22. The first-order chi connectivity index (χ1) is 9.28. The molecule has 1 saturated carbocycles. The second-order valence-corrected chi connectivity index (χ2v) is 5.76. The van der Waals surface area contributed by atoms with Crippen molar-refractivity contribution in [3.8, 4) is 0 Å². The van der Waals surface area contributed by atoms with Crippen LogP contribution < -0.4 is 11.3 Å². The van der Waals surface area contributed by atoms with Crippen LogP contribution in [-0.2, 0) is 17.8 Å². The zero-order chi connectivity index (χ0) is 13.2. The van der Waals surface area contributed by atoms with Gasteiger partial charge in [-0.1, -0.05) is 19.8 Å². The molecule has 1 aliphatic heterocycles. The van der Waals surface area contributed by atoms with Gasteiger partial charge in [0.2, 0.25) is 0 Å². The van der Waals surface area contributed by atoms with Crippen LogP contribution >= 0.6 is 0 Å². The molecule has 1 fully saturated rings. The summed E-state index contributed by atoms with van der Waals surface area (Å²) in [6.07, 6.45) is 5.81. The van der Waals surface area contributed by atoms with Crippen LogP contribution in [0.3, 0.4) is 0 Å². The highest BCUT2D eigenvalue weighted by Gasteiger charge is 2.25. The Kier molecular flexibility index (Phi) is 3.66. The molecule has 5 heteroatoms. The van der Waals surface area contributed by atoms with E-state index in [0.29, 0.717) is 12.5 Å². The van der Waals surface area contributed by atoms with E-state index in [1.165, 1.54) is 25.7 Å². The predicted molar refractivity (Wildman–Crippen MR) is 73.6 cm³/mol. The molecule has 0 spiro atoms. The van der Waals surface area contributed by atoms with Gasteiger partial charge in [-0.15, -0.1) is 0 Å². The van der Waals surface area contributed by atoms with Crippen molar-refractivity contribution in [2.24, 2.45) is 11.8 Å². The van der Waals surface area contributed by atoms with Gasteiger partial charge in [-0.3, -0.25) is 0 Å². The van der Waals surface area contributed by atoms with Crippen molar-refractivity contribution in [3.63, 3.8) is 0 Å². The lowest BCUT2D eigenvalue weighted by Crippen LogP contribution is -2.22. The van der Waals surface area contributed by atoms with E-state index in [1.807, 2.05) is 0 Å². The lowest BCUT2D eigenvalue weighted by molar-refractivity contribution is 0.109. The van der Waals surface area contributed by atoms with Crippen LogP contribution in [0.25, 0.3) is 0 Å². The maximum atomic E-state index is 5.60. The van der Waals surface area contributed by atoms with E-state index < -0.39 is 0 Å². The number of nitrogen functional groups attached to an aromatic ring is 1. The number of nitrogens with zero attached hydrogens (tertiary/aromatic N) is 2. The van der Waals surface area contributed by atoms with Crippen LogP contribution in [0.5, 0.6) is 0 Å². The van der Waals surface area contributed by atoms with Crippen LogP contribution in [0.15, 0.2) is 0 Å². The van der Waals surface area contributed by atoms with E-state index in [-0.39, 0.29) is 0 Å².